The number of hydrogen-bond donors (Lipinski definition) is 2. The molecule has 10 heteroatoms. The minimum atomic E-state index is -0.566. The molecule has 0 fully saturated rings. The maximum absolute atomic E-state index is 14.5. The smallest absolute Gasteiger partial charge is 0.248 e. The highest BCUT2D eigenvalue weighted by molar-refractivity contribution is 6.42. The van der Waals surface area contributed by atoms with Crippen LogP contribution in [0.5, 0.6) is 0 Å². The molecule has 33 heavy (non-hydrogen) atoms. The topological polar surface area (TPSA) is 75.1 Å². The Balaban J connectivity index is 1.69. The van der Waals surface area contributed by atoms with Crippen LogP contribution in [0.3, 0.4) is 0 Å². The molecular formula is C23H16Cl3FN6. The maximum Gasteiger partial charge on any atom is 0.248 e. The second kappa shape index (κ2) is 10.1. The van der Waals surface area contributed by atoms with Crippen LogP contribution in [0.15, 0.2) is 65.8 Å². The molecule has 0 amide bonds. The van der Waals surface area contributed by atoms with Gasteiger partial charge in [-0.25, -0.2) is 9.82 Å². The van der Waals surface area contributed by atoms with Gasteiger partial charge < -0.3 is 5.32 Å². The van der Waals surface area contributed by atoms with E-state index >= 15 is 0 Å². The average molecular weight is 502 g/mol. The summed E-state index contributed by atoms with van der Waals surface area (Å²) in [6.07, 6.45) is 1.62. The lowest BCUT2D eigenvalue weighted by atomic mass is 10.2. The number of hydrazone groups is 1. The van der Waals surface area contributed by atoms with Crippen LogP contribution in [0.2, 0.25) is 15.1 Å². The van der Waals surface area contributed by atoms with Crippen LogP contribution < -0.4 is 10.7 Å². The van der Waals surface area contributed by atoms with Gasteiger partial charge in [0.2, 0.25) is 11.9 Å². The van der Waals surface area contributed by atoms with Crippen molar-refractivity contribution in [3.8, 4) is 11.4 Å². The molecule has 2 N–H and O–H groups in total. The third kappa shape index (κ3) is 5.76. The Labute approximate surface area is 204 Å². The highest BCUT2D eigenvalue weighted by Gasteiger charge is 2.16. The SMILES string of the molecule is Cc1ccc(C=NNc2nc(Nc3ccc(Cl)c(Cl)c3)nc(-c3c(F)cccc3Cl)n2)cc1. The van der Waals surface area contributed by atoms with Crippen LogP contribution in [0.1, 0.15) is 11.1 Å². The van der Waals surface area contributed by atoms with Gasteiger partial charge in [0, 0.05) is 5.69 Å². The van der Waals surface area contributed by atoms with E-state index in [1.807, 2.05) is 31.2 Å². The predicted molar refractivity (Wildman–Crippen MR) is 132 cm³/mol. The van der Waals surface area contributed by atoms with E-state index in [9.17, 15) is 4.39 Å². The van der Waals surface area contributed by atoms with E-state index in [1.54, 1.807) is 30.5 Å². The highest BCUT2D eigenvalue weighted by atomic mass is 35.5. The Hall–Kier alpha value is -3.26. The molecule has 0 spiro atoms. The third-order valence-corrected chi connectivity index (χ3v) is 5.51. The number of rotatable bonds is 6. The zero-order valence-electron chi connectivity index (χ0n) is 17.2. The summed E-state index contributed by atoms with van der Waals surface area (Å²) in [7, 11) is 0. The third-order valence-electron chi connectivity index (χ3n) is 4.45. The summed E-state index contributed by atoms with van der Waals surface area (Å²) in [4.78, 5) is 12.9. The zero-order chi connectivity index (χ0) is 23.4. The van der Waals surface area contributed by atoms with Crippen molar-refractivity contribution in [1.29, 1.82) is 0 Å². The molecule has 0 saturated carbocycles. The summed E-state index contributed by atoms with van der Waals surface area (Å²) in [6.45, 7) is 2.00. The van der Waals surface area contributed by atoms with Gasteiger partial charge >= 0.3 is 0 Å². The summed E-state index contributed by atoms with van der Waals surface area (Å²) >= 11 is 18.3. The molecule has 3 aromatic carbocycles. The van der Waals surface area contributed by atoms with E-state index < -0.39 is 5.82 Å². The molecule has 0 atom stereocenters. The van der Waals surface area contributed by atoms with Crippen molar-refractivity contribution >= 4 is 58.6 Å². The van der Waals surface area contributed by atoms with Gasteiger partial charge in [0.1, 0.15) is 5.82 Å². The minimum absolute atomic E-state index is 0.0312. The lowest BCUT2D eigenvalue weighted by molar-refractivity contribution is 0.630. The first-order valence-electron chi connectivity index (χ1n) is 9.67. The first-order chi connectivity index (χ1) is 15.9. The van der Waals surface area contributed by atoms with Crippen molar-refractivity contribution in [3.05, 3.63) is 92.7 Å². The first-order valence-corrected chi connectivity index (χ1v) is 10.8. The zero-order valence-corrected chi connectivity index (χ0v) is 19.4. The van der Waals surface area contributed by atoms with E-state index in [2.05, 4.69) is 30.8 Å². The van der Waals surface area contributed by atoms with Crippen molar-refractivity contribution < 1.29 is 4.39 Å². The first kappa shape index (κ1) is 22.9. The Morgan fingerprint density at radius 3 is 2.33 bits per heavy atom. The Morgan fingerprint density at radius 1 is 0.848 bits per heavy atom. The van der Waals surface area contributed by atoms with Crippen LogP contribution in [0, 0.1) is 12.7 Å². The molecule has 4 rings (SSSR count). The monoisotopic (exact) mass is 500 g/mol. The van der Waals surface area contributed by atoms with Gasteiger partial charge in [0.25, 0.3) is 0 Å². The van der Waals surface area contributed by atoms with Gasteiger partial charge in [-0.3, -0.25) is 0 Å². The Bertz CT molecular complexity index is 1310. The van der Waals surface area contributed by atoms with E-state index in [0.717, 1.165) is 11.1 Å². The molecular weight excluding hydrogens is 486 g/mol. The summed E-state index contributed by atoms with van der Waals surface area (Å²) in [6, 6.07) is 17.1. The van der Waals surface area contributed by atoms with Crippen LogP contribution >= 0.6 is 34.8 Å². The van der Waals surface area contributed by atoms with Gasteiger partial charge in [0.15, 0.2) is 5.82 Å². The second-order valence-corrected chi connectivity index (χ2v) is 8.16. The predicted octanol–water partition coefficient (Wildman–Crippen LogP) is 7.14. The molecule has 1 aromatic heterocycles. The fourth-order valence-corrected chi connectivity index (χ4v) is 3.37. The van der Waals surface area contributed by atoms with Crippen LogP contribution in [0.25, 0.3) is 11.4 Å². The molecule has 0 unspecified atom stereocenters. The number of anilines is 3. The summed E-state index contributed by atoms with van der Waals surface area (Å²) in [5, 5.41) is 8.11. The van der Waals surface area contributed by atoms with E-state index in [0.29, 0.717) is 15.7 Å². The van der Waals surface area contributed by atoms with Crippen LogP contribution in [-0.2, 0) is 0 Å². The molecule has 0 aliphatic rings. The minimum Gasteiger partial charge on any atom is -0.324 e. The molecule has 6 nitrogen and oxygen atoms in total. The molecule has 0 aliphatic carbocycles. The van der Waals surface area contributed by atoms with E-state index in [1.165, 1.54) is 12.1 Å². The molecule has 0 aliphatic heterocycles. The number of aryl methyl sites for hydroxylation is 1. The summed E-state index contributed by atoms with van der Waals surface area (Å²) < 4.78 is 14.5. The lowest BCUT2D eigenvalue weighted by Crippen LogP contribution is -2.06. The molecule has 0 radical (unpaired) electrons. The highest BCUT2D eigenvalue weighted by Crippen LogP contribution is 2.30. The number of benzene rings is 3. The van der Waals surface area contributed by atoms with Crippen molar-refractivity contribution in [2.45, 2.75) is 6.92 Å². The average Bonchev–Trinajstić information content (AvgIpc) is 2.78. The van der Waals surface area contributed by atoms with Crippen LogP contribution in [0.4, 0.5) is 22.0 Å². The largest absolute Gasteiger partial charge is 0.324 e. The van der Waals surface area contributed by atoms with Crippen LogP contribution in [-0.4, -0.2) is 21.2 Å². The summed E-state index contributed by atoms with van der Waals surface area (Å²) in [5.74, 6) is -0.317. The molecule has 0 saturated heterocycles. The number of halogens is 4. The number of hydrogen-bond acceptors (Lipinski definition) is 6. The van der Waals surface area contributed by atoms with Crippen molar-refractivity contribution in [2.75, 3.05) is 10.7 Å². The Kier molecular flexibility index (Phi) is 7.03. The normalized spacial score (nSPS) is 11.1. The number of aromatic nitrogens is 3. The van der Waals surface area contributed by atoms with Crippen molar-refractivity contribution in [2.24, 2.45) is 5.10 Å². The quantitative estimate of drug-likeness (QED) is 0.217. The van der Waals surface area contributed by atoms with Crippen molar-refractivity contribution in [1.82, 2.24) is 15.0 Å². The lowest BCUT2D eigenvalue weighted by Gasteiger charge is -2.10. The fraction of sp³-hybridized carbons (Fsp3) is 0.0435. The second-order valence-electron chi connectivity index (χ2n) is 6.94. The van der Waals surface area contributed by atoms with E-state index in [-0.39, 0.29) is 28.3 Å². The summed E-state index contributed by atoms with van der Waals surface area (Å²) in [5.41, 5.74) is 5.41. The molecule has 1 heterocycles. The van der Waals surface area contributed by atoms with Gasteiger partial charge in [-0.2, -0.15) is 20.1 Å². The van der Waals surface area contributed by atoms with Gasteiger partial charge in [0.05, 0.1) is 26.8 Å². The molecule has 0 bridgehead atoms. The molecule has 166 valence electrons. The van der Waals surface area contributed by atoms with Gasteiger partial charge in [-0.05, 0) is 42.8 Å². The number of nitrogens with zero attached hydrogens (tertiary/aromatic N) is 4. The molecule has 4 aromatic rings. The van der Waals surface area contributed by atoms with E-state index in [4.69, 9.17) is 34.8 Å². The van der Waals surface area contributed by atoms with Crippen molar-refractivity contribution in [3.63, 3.8) is 0 Å². The maximum atomic E-state index is 14.5. The van der Waals surface area contributed by atoms with Gasteiger partial charge in [-0.1, -0.05) is 70.7 Å². The standard InChI is InChI=1S/C23H16Cl3FN6/c1-13-5-7-14(8-6-13)12-28-33-23-31-21(20-17(25)3-2-4-19(20)27)30-22(32-23)29-15-9-10-16(24)18(26)11-15/h2-12H,1H3,(H2,29,30,31,32,33). The fourth-order valence-electron chi connectivity index (χ4n) is 2.83. The number of nitrogens with one attached hydrogen (secondary N) is 2. The van der Waals surface area contributed by atoms with Gasteiger partial charge in [-0.15, -0.1) is 0 Å². The Morgan fingerprint density at radius 2 is 1.61 bits per heavy atom.